The molecule has 1 amide bonds. The van der Waals surface area contributed by atoms with Crippen LogP contribution in [-0.4, -0.2) is 51.7 Å². The molecule has 0 spiro atoms. The highest BCUT2D eigenvalue weighted by atomic mass is 19.4. The average molecular weight is 380 g/mol. The summed E-state index contributed by atoms with van der Waals surface area (Å²) in [6, 6.07) is 7.33. The van der Waals surface area contributed by atoms with Gasteiger partial charge in [0.1, 0.15) is 0 Å². The maximum atomic E-state index is 12.8. The first-order chi connectivity index (χ1) is 12.8. The number of alkyl halides is 3. The first kappa shape index (κ1) is 19.4. The van der Waals surface area contributed by atoms with Gasteiger partial charge in [0.2, 0.25) is 5.91 Å². The van der Waals surface area contributed by atoms with E-state index in [9.17, 15) is 18.0 Å². The summed E-state index contributed by atoms with van der Waals surface area (Å²) in [5.41, 5.74) is 0.937. The molecule has 2 aromatic rings. The van der Waals surface area contributed by atoms with E-state index in [0.29, 0.717) is 51.3 Å². The summed E-state index contributed by atoms with van der Waals surface area (Å²) in [4.78, 5) is 16.2. The second-order valence-electron chi connectivity index (χ2n) is 6.83. The number of hydrogen-bond acceptors (Lipinski definition) is 3. The number of benzene rings is 1. The molecule has 1 aliphatic rings. The number of aromatic nitrogens is 2. The van der Waals surface area contributed by atoms with Gasteiger partial charge in [0.15, 0.2) is 0 Å². The number of aryl methyl sites for hydroxylation is 2. The molecule has 1 fully saturated rings. The third kappa shape index (κ3) is 5.32. The van der Waals surface area contributed by atoms with Crippen molar-refractivity contribution < 1.29 is 18.0 Å². The lowest BCUT2D eigenvalue weighted by Gasteiger charge is -2.35. The summed E-state index contributed by atoms with van der Waals surface area (Å²) >= 11 is 0. The first-order valence-electron chi connectivity index (χ1n) is 8.97. The summed E-state index contributed by atoms with van der Waals surface area (Å²) in [5, 5.41) is 4.27. The highest BCUT2D eigenvalue weighted by Gasteiger charge is 2.30. The van der Waals surface area contributed by atoms with Crippen molar-refractivity contribution >= 4 is 5.91 Å². The third-order valence-electron chi connectivity index (χ3n) is 4.71. The lowest BCUT2D eigenvalue weighted by molar-refractivity contribution is -0.137. The molecule has 0 aliphatic carbocycles. The molecule has 0 bridgehead atoms. The Morgan fingerprint density at radius 1 is 1.15 bits per heavy atom. The SMILES string of the molecule is Cc1ccn(CCC(=O)N2CCN(Cc3cccc(C(F)(F)F)c3)CC2)n1. The lowest BCUT2D eigenvalue weighted by atomic mass is 10.1. The van der Waals surface area contributed by atoms with E-state index in [-0.39, 0.29) is 5.91 Å². The molecule has 5 nitrogen and oxygen atoms in total. The fourth-order valence-corrected chi connectivity index (χ4v) is 3.22. The molecule has 8 heteroatoms. The van der Waals surface area contributed by atoms with Crippen molar-refractivity contribution in [1.82, 2.24) is 19.6 Å². The van der Waals surface area contributed by atoms with Crippen LogP contribution in [0.25, 0.3) is 0 Å². The molecule has 146 valence electrons. The van der Waals surface area contributed by atoms with Crippen molar-refractivity contribution in [2.24, 2.45) is 0 Å². The van der Waals surface area contributed by atoms with Gasteiger partial charge in [-0.2, -0.15) is 18.3 Å². The normalized spacial score (nSPS) is 15.9. The van der Waals surface area contributed by atoms with Crippen molar-refractivity contribution in [2.45, 2.75) is 32.6 Å². The lowest BCUT2D eigenvalue weighted by Crippen LogP contribution is -2.48. The fraction of sp³-hybridized carbons (Fsp3) is 0.474. The molecule has 0 unspecified atom stereocenters. The molecule has 2 heterocycles. The van der Waals surface area contributed by atoms with Crippen molar-refractivity contribution in [2.75, 3.05) is 26.2 Å². The number of piperazine rings is 1. The van der Waals surface area contributed by atoms with E-state index < -0.39 is 11.7 Å². The zero-order valence-corrected chi connectivity index (χ0v) is 15.2. The number of carbonyl (C=O) groups is 1. The van der Waals surface area contributed by atoms with Crippen LogP contribution in [0.15, 0.2) is 36.5 Å². The Labute approximate surface area is 156 Å². The van der Waals surface area contributed by atoms with Crippen molar-refractivity contribution in [3.8, 4) is 0 Å². The number of rotatable bonds is 5. The van der Waals surface area contributed by atoms with Crippen LogP contribution in [0.5, 0.6) is 0 Å². The van der Waals surface area contributed by atoms with Crippen LogP contribution >= 0.6 is 0 Å². The van der Waals surface area contributed by atoms with Crippen LogP contribution < -0.4 is 0 Å². The van der Waals surface area contributed by atoms with Crippen LogP contribution in [0.3, 0.4) is 0 Å². The molecular weight excluding hydrogens is 357 g/mol. The van der Waals surface area contributed by atoms with Crippen LogP contribution in [0.1, 0.15) is 23.2 Å². The van der Waals surface area contributed by atoms with E-state index in [2.05, 4.69) is 10.00 Å². The Morgan fingerprint density at radius 3 is 2.52 bits per heavy atom. The minimum Gasteiger partial charge on any atom is -0.340 e. The molecular formula is C19H23F3N4O. The zero-order chi connectivity index (χ0) is 19.4. The summed E-state index contributed by atoms with van der Waals surface area (Å²) in [6.07, 6.45) is -2.07. The predicted molar refractivity (Wildman–Crippen MR) is 94.9 cm³/mol. The number of carbonyl (C=O) groups excluding carboxylic acids is 1. The molecule has 27 heavy (non-hydrogen) atoms. The Bertz CT molecular complexity index is 779. The second-order valence-corrected chi connectivity index (χ2v) is 6.83. The highest BCUT2D eigenvalue weighted by molar-refractivity contribution is 5.76. The van der Waals surface area contributed by atoms with Gasteiger partial charge in [-0.1, -0.05) is 18.2 Å². The Hall–Kier alpha value is -2.35. The molecule has 1 saturated heterocycles. The highest BCUT2D eigenvalue weighted by Crippen LogP contribution is 2.29. The van der Waals surface area contributed by atoms with Gasteiger partial charge in [0.05, 0.1) is 11.3 Å². The molecule has 0 radical (unpaired) electrons. The maximum Gasteiger partial charge on any atom is 0.416 e. The molecule has 0 saturated carbocycles. The van der Waals surface area contributed by atoms with Crippen molar-refractivity contribution in [3.05, 3.63) is 53.3 Å². The van der Waals surface area contributed by atoms with E-state index in [1.165, 1.54) is 12.1 Å². The number of hydrogen-bond donors (Lipinski definition) is 0. The fourth-order valence-electron chi connectivity index (χ4n) is 3.22. The minimum absolute atomic E-state index is 0.0851. The van der Waals surface area contributed by atoms with E-state index in [0.717, 1.165) is 11.8 Å². The van der Waals surface area contributed by atoms with Crippen LogP contribution in [0.2, 0.25) is 0 Å². The van der Waals surface area contributed by atoms with Crippen LogP contribution in [0.4, 0.5) is 13.2 Å². The van der Waals surface area contributed by atoms with Gasteiger partial charge in [0.25, 0.3) is 0 Å². The summed E-state index contributed by atoms with van der Waals surface area (Å²) in [7, 11) is 0. The van der Waals surface area contributed by atoms with E-state index in [1.807, 2.05) is 24.1 Å². The maximum absolute atomic E-state index is 12.8. The predicted octanol–water partition coefficient (Wildman–Crippen LogP) is 2.94. The van der Waals surface area contributed by atoms with Gasteiger partial charge < -0.3 is 4.90 Å². The van der Waals surface area contributed by atoms with E-state index in [1.54, 1.807) is 10.7 Å². The topological polar surface area (TPSA) is 41.4 Å². The Morgan fingerprint density at radius 2 is 1.89 bits per heavy atom. The minimum atomic E-state index is -4.33. The van der Waals surface area contributed by atoms with E-state index in [4.69, 9.17) is 0 Å². The smallest absolute Gasteiger partial charge is 0.340 e. The van der Waals surface area contributed by atoms with Gasteiger partial charge in [-0.05, 0) is 24.6 Å². The van der Waals surface area contributed by atoms with Crippen molar-refractivity contribution in [1.29, 1.82) is 0 Å². The Balaban J connectivity index is 1.46. The Kier molecular flexibility index (Phi) is 5.84. The largest absolute Gasteiger partial charge is 0.416 e. The summed E-state index contributed by atoms with van der Waals surface area (Å²) < 4.78 is 40.2. The van der Waals surface area contributed by atoms with Gasteiger partial charge >= 0.3 is 6.18 Å². The number of nitrogens with zero attached hydrogens (tertiary/aromatic N) is 4. The number of halogens is 3. The standard InChI is InChI=1S/C19H23F3N4O/c1-15-5-7-26(23-15)8-6-18(27)25-11-9-24(10-12-25)14-16-3-2-4-17(13-16)19(20,21)22/h2-5,7,13H,6,8-12,14H2,1H3. The van der Waals surface area contributed by atoms with Crippen LogP contribution in [-0.2, 0) is 24.1 Å². The molecule has 1 aromatic heterocycles. The molecule has 0 N–H and O–H groups in total. The number of amides is 1. The summed E-state index contributed by atoms with van der Waals surface area (Å²) in [5.74, 6) is 0.0851. The molecule has 1 aliphatic heterocycles. The van der Waals surface area contributed by atoms with Gasteiger partial charge in [-0.15, -0.1) is 0 Å². The molecule has 3 rings (SSSR count). The molecule has 0 atom stereocenters. The van der Waals surface area contributed by atoms with Crippen LogP contribution in [0, 0.1) is 6.92 Å². The van der Waals surface area contributed by atoms with Crippen molar-refractivity contribution in [3.63, 3.8) is 0 Å². The monoisotopic (exact) mass is 380 g/mol. The summed E-state index contributed by atoms with van der Waals surface area (Å²) in [6.45, 7) is 5.41. The zero-order valence-electron chi connectivity index (χ0n) is 15.2. The third-order valence-corrected chi connectivity index (χ3v) is 4.71. The van der Waals surface area contributed by atoms with Gasteiger partial charge in [0, 0.05) is 51.9 Å². The molecule has 1 aromatic carbocycles. The average Bonchev–Trinajstić information content (AvgIpc) is 3.05. The quantitative estimate of drug-likeness (QED) is 0.801. The van der Waals surface area contributed by atoms with Gasteiger partial charge in [-0.25, -0.2) is 0 Å². The van der Waals surface area contributed by atoms with E-state index >= 15 is 0 Å². The van der Waals surface area contributed by atoms with Gasteiger partial charge in [-0.3, -0.25) is 14.4 Å². The first-order valence-corrected chi connectivity index (χ1v) is 8.97. The second kappa shape index (κ2) is 8.12.